The lowest BCUT2D eigenvalue weighted by Gasteiger charge is -2.23. The van der Waals surface area contributed by atoms with Gasteiger partial charge in [-0.1, -0.05) is 4.49 Å². The summed E-state index contributed by atoms with van der Waals surface area (Å²) in [5.41, 5.74) is 0.773. The van der Waals surface area contributed by atoms with Crippen LogP contribution in [0.2, 0.25) is 0 Å². The van der Waals surface area contributed by atoms with E-state index in [9.17, 15) is 13.2 Å². The third kappa shape index (κ3) is 3.29. The van der Waals surface area contributed by atoms with Gasteiger partial charge in [0.25, 0.3) is 0 Å². The minimum atomic E-state index is -4.46. The van der Waals surface area contributed by atoms with Crippen molar-refractivity contribution in [2.24, 2.45) is 0 Å². The van der Waals surface area contributed by atoms with E-state index < -0.39 is 11.9 Å². The fraction of sp³-hybridized carbons (Fsp3) is 0.571. The number of alkyl halides is 3. The van der Waals surface area contributed by atoms with Crippen molar-refractivity contribution < 1.29 is 13.2 Å². The lowest BCUT2D eigenvalue weighted by Crippen LogP contribution is -2.25. The van der Waals surface area contributed by atoms with E-state index in [1.54, 1.807) is 11.9 Å². The molecule has 0 N–H and O–H groups in total. The van der Waals surface area contributed by atoms with Crippen molar-refractivity contribution in [3.8, 4) is 0 Å². The van der Waals surface area contributed by atoms with E-state index in [1.165, 1.54) is 11.5 Å². The van der Waals surface area contributed by atoms with Gasteiger partial charge in [-0.2, -0.15) is 13.2 Å². The minimum Gasteiger partial charge on any atom is -0.339 e. The number of halogens is 3. The average Bonchev–Trinajstić information content (AvgIpc) is 2.90. The maximum Gasteiger partial charge on any atom is 0.433 e. The lowest BCUT2D eigenvalue weighted by atomic mass is 9.94. The molecular formula is C14H16F3N5S. The highest BCUT2D eigenvalue weighted by Crippen LogP contribution is 2.35. The van der Waals surface area contributed by atoms with Gasteiger partial charge in [0.15, 0.2) is 5.69 Å². The molecule has 0 aliphatic heterocycles. The van der Waals surface area contributed by atoms with Gasteiger partial charge >= 0.3 is 6.18 Å². The second-order valence-corrected chi connectivity index (χ2v) is 6.48. The number of aryl methyl sites for hydroxylation is 2. The summed E-state index contributed by atoms with van der Waals surface area (Å²) < 4.78 is 43.8. The van der Waals surface area contributed by atoms with Crippen molar-refractivity contribution in [3.63, 3.8) is 0 Å². The predicted octanol–water partition coefficient (Wildman–Crippen LogP) is 3.17. The van der Waals surface area contributed by atoms with Crippen LogP contribution in [0.25, 0.3) is 0 Å². The van der Waals surface area contributed by atoms with Crippen LogP contribution in [0.1, 0.15) is 40.4 Å². The van der Waals surface area contributed by atoms with E-state index in [-0.39, 0.29) is 11.5 Å². The average molecular weight is 343 g/mol. The Bertz CT molecular complexity index is 713. The lowest BCUT2D eigenvalue weighted by molar-refractivity contribution is -0.142. The molecule has 1 aliphatic carbocycles. The van der Waals surface area contributed by atoms with Gasteiger partial charge in [-0.25, -0.2) is 9.97 Å². The Morgan fingerprint density at radius 1 is 1.17 bits per heavy atom. The highest BCUT2D eigenvalue weighted by molar-refractivity contribution is 7.05. The monoisotopic (exact) mass is 343 g/mol. The quantitative estimate of drug-likeness (QED) is 0.857. The Morgan fingerprint density at radius 3 is 2.57 bits per heavy atom. The highest BCUT2D eigenvalue weighted by Gasteiger charge is 2.38. The molecule has 5 nitrogen and oxygen atoms in total. The topological polar surface area (TPSA) is 54.8 Å². The van der Waals surface area contributed by atoms with Gasteiger partial charge in [-0.3, -0.25) is 0 Å². The summed E-state index contributed by atoms with van der Waals surface area (Å²) in [5, 5.41) is 3.91. The molecule has 0 unspecified atom stereocenters. The summed E-state index contributed by atoms with van der Waals surface area (Å²) in [5.74, 6) is 0.103. The molecule has 2 heterocycles. The van der Waals surface area contributed by atoms with Crippen LogP contribution in [-0.2, 0) is 25.6 Å². The largest absolute Gasteiger partial charge is 0.433 e. The molecule has 0 spiro atoms. The summed E-state index contributed by atoms with van der Waals surface area (Å²) in [6, 6.07) is 0. The maximum atomic E-state index is 13.3. The van der Waals surface area contributed by atoms with Crippen molar-refractivity contribution in [2.75, 3.05) is 11.9 Å². The molecule has 0 amide bonds. The van der Waals surface area contributed by atoms with Gasteiger partial charge in [0.05, 0.1) is 17.1 Å². The number of anilines is 1. The summed E-state index contributed by atoms with van der Waals surface area (Å²) in [4.78, 5) is 10.7. The third-order valence-electron chi connectivity index (χ3n) is 3.91. The molecule has 0 fully saturated rings. The van der Waals surface area contributed by atoms with Crippen molar-refractivity contribution in [1.29, 1.82) is 0 Å². The molecule has 3 rings (SSSR count). The first-order chi connectivity index (χ1) is 10.9. The van der Waals surface area contributed by atoms with Crippen molar-refractivity contribution in [1.82, 2.24) is 19.6 Å². The molecule has 2 aromatic heterocycles. The van der Waals surface area contributed by atoms with Crippen LogP contribution in [0.15, 0.2) is 0 Å². The van der Waals surface area contributed by atoms with Crippen LogP contribution in [-0.4, -0.2) is 26.6 Å². The third-order valence-corrected chi connectivity index (χ3v) is 4.72. The van der Waals surface area contributed by atoms with E-state index >= 15 is 0 Å². The standard InChI is InChI=1S/C14H16F3N5S/c1-8-11(23-21-20-8)7-22(2)13-18-10-6-4-3-5-9(10)12(19-13)14(15,16)17/h3-7H2,1-2H3. The Kier molecular flexibility index (Phi) is 4.22. The van der Waals surface area contributed by atoms with E-state index in [1.807, 2.05) is 6.92 Å². The van der Waals surface area contributed by atoms with Crippen LogP contribution in [0.3, 0.4) is 0 Å². The summed E-state index contributed by atoms with van der Waals surface area (Å²) in [7, 11) is 1.68. The van der Waals surface area contributed by atoms with Crippen molar-refractivity contribution in [3.05, 3.63) is 27.5 Å². The molecule has 0 aromatic carbocycles. The predicted molar refractivity (Wildman–Crippen MR) is 80.4 cm³/mol. The van der Waals surface area contributed by atoms with E-state index in [0.717, 1.165) is 23.4 Å². The summed E-state index contributed by atoms with van der Waals surface area (Å²) >= 11 is 1.23. The van der Waals surface area contributed by atoms with Crippen molar-refractivity contribution in [2.45, 2.75) is 45.3 Å². The fourth-order valence-electron chi connectivity index (χ4n) is 2.67. The molecule has 0 saturated carbocycles. The zero-order chi connectivity index (χ0) is 16.6. The first-order valence-electron chi connectivity index (χ1n) is 7.32. The van der Waals surface area contributed by atoms with Crippen LogP contribution in [0, 0.1) is 6.92 Å². The van der Waals surface area contributed by atoms with E-state index in [2.05, 4.69) is 19.6 Å². The Labute approximate surface area is 135 Å². The number of aromatic nitrogens is 4. The Balaban J connectivity index is 1.97. The highest BCUT2D eigenvalue weighted by atomic mass is 32.1. The fourth-order valence-corrected chi connectivity index (χ4v) is 3.35. The molecular weight excluding hydrogens is 327 g/mol. The van der Waals surface area contributed by atoms with E-state index in [0.29, 0.717) is 25.1 Å². The first kappa shape index (κ1) is 16.1. The van der Waals surface area contributed by atoms with Gasteiger partial charge in [-0.15, -0.1) is 5.10 Å². The number of rotatable bonds is 3. The number of hydrogen-bond acceptors (Lipinski definition) is 6. The van der Waals surface area contributed by atoms with Gasteiger partial charge in [0, 0.05) is 18.3 Å². The second kappa shape index (κ2) is 6.03. The van der Waals surface area contributed by atoms with Gasteiger partial charge < -0.3 is 4.90 Å². The molecule has 2 aromatic rings. The molecule has 0 atom stereocenters. The molecule has 23 heavy (non-hydrogen) atoms. The molecule has 0 saturated heterocycles. The van der Waals surface area contributed by atoms with Gasteiger partial charge in [-0.05, 0) is 44.1 Å². The summed E-state index contributed by atoms with van der Waals surface area (Å²) in [6.45, 7) is 2.21. The maximum absolute atomic E-state index is 13.3. The second-order valence-electron chi connectivity index (χ2n) is 5.64. The number of nitrogens with zero attached hydrogens (tertiary/aromatic N) is 5. The smallest absolute Gasteiger partial charge is 0.339 e. The molecule has 0 bridgehead atoms. The van der Waals surface area contributed by atoms with Gasteiger partial charge in [0.2, 0.25) is 5.95 Å². The molecule has 9 heteroatoms. The SMILES string of the molecule is Cc1nnsc1CN(C)c1nc2c(c(C(F)(F)F)n1)CCCC2. The minimum absolute atomic E-state index is 0.103. The van der Waals surface area contributed by atoms with Crippen LogP contribution in [0.4, 0.5) is 19.1 Å². The molecule has 0 radical (unpaired) electrons. The van der Waals surface area contributed by atoms with Crippen LogP contribution < -0.4 is 4.90 Å². The zero-order valence-corrected chi connectivity index (χ0v) is 13.6. The molecule has 124 valence electrons. The molecule has 1 aliphatic rings. The van der Waals surface area contributed by atoms with Gasteiger partial charge in [0.1, 0.15) is 0 Å². The van der Waals surface area contributed by atoms with Crippen LogP contribution in [0.5, 0.6) is 0 Å². The summed E-state index contributed by atoms with van der Waals surface area (Å²) in [6.07, 6.45) is -1.88. The number of hydrogen-bond donors (Lipinski definition) is 0. The van der Waals surface area contributed by atoms with E-state index in [4.69, 9.17) is 0 Å². The number of fused-ring (bicyclic) bond motifs is 1. The zero-order valence-electron chi connectivity index (χ0n) is 12.8. The van der Waals surface area contributed by atoms with Crippen LogP contribution >= 0.6 is 11.5 Å². The first-order valence-corrected chi connectivity index (χ1v) is 8.09. The van der Waals surface area contributed by atoms with Crippen molar-refractivity contribution >= 4 is 17.5 Å². The Morgan fingerprint density at radius 2 is 1.91 bits per heavy atom. The Hall–Kier alpha value is -1.77. The normalized spacial score (nSPS) is 14.7.